The first-order valence-corrected chi connectivity index (χ1v) is 2.60. The van der Waals surface area contributed by atoms with Gasteiger partial charge in [-0.25, -0.2) is 0 Å². The lowest BCUT2D eigenvalue weighted by atomic mass is 9.80. The summed E-state index contributed by atoms with van der Waals surface area (Å²) in [5, 5.41) is 11.9. The Balaban J connectivity index is 2.56. The topological polar surface area (TPSA) is 32.3 Å². The first-order valence-electron chi connectivity index (χ1n) is 2.60. The lowest BCUT2D eigenvalue weighted by Gasteiger charge is -2.23. The van der Waals surface area contributed by atoms with Crippen LogP contribution in [0.25, 0.3) is 0 Å². The normalized spacial score (nSPS) is 37.6. The molecule has 0 aromatic carbocycles. The molecule has 0 fully saturated rings. The number of hydrogen-bond acceptors (Lipinski definition) is 2. The van der Waals surface area contributed by atoms with Crippen LogP contribution < -0.4 is 5.32 Å². The lowest BCUT2D eigenvalue weighted by Crippen LogP contribution is -2.42. The molecule has 2 nitrogen and oxygen atoms in total. The Morgan fingerprint density at radius 2 is 2.50 bits per heavy atom. The van der Waals surface area contributed by atoms with Gasteiger partial charge in [0, 0.05) is 13.1 Å². The second-order valence-corrected chi connectivity index (χ2v) is 2.02. The number of rotatable bonds is 0. The quantitative estimate of drug-likeness (QED) is 0.309. The van der Waals surface area contributed by atoms with E-state index in [0.29, 0.717) is 6.54 Å². The highest BCUT2D eigenvalue weighted by Gasteiger charge is 2.16. The summed E-state index contributed by atoms with van der Waals surface area (Å²) in [4.78, 5) is 0. The average molecular weight is 109 g/mol. The van der Waals surface area contributed by atoms with E-state index in [1.165, 1.54) is 0 Å². The fourth-order valence-corrected chi connectivity index (χ4v) is 0.678. The van der Waals surface area contributed by atoms with Crippen molar-refractivity contribution in [2.24, 2.45) is 0 Å². The fraction of sp³-hybridized carbons (Fsp3) is 0.600. The molecular formula is C5H8BNO. The van der Waals surface area contributed by atoms with Crippen LogP contribution in [0.1, 0.15) is 0 Å². The zero-order chi connectivity index (χ0) is 6.04. The first-order chi connectivity index (χ1) is 3.71. The van der Waals surface area contributed by atoms with Crippen molar-refractivity contribution in [1.82, 2.24) is 5.32 Å². The first kappa shape index (κ1) is 5.85. The van der Waals surface area contributed by atoms with Crippen LogP contribution in [0.15, 0.2) is 12.2 Å². The van der Waals surface area contributed by atoms with Crippen LogP contribution in [0.5, 0.6) is 0 Å². The van der Waals surface area contributed by atoms with Crippen LogP contribution in [0.2, 0.25) is 0 Å². The van der Waals surface area contributed by atoms with E-state index in [0.717, 1.165) is 6.54 Å². The molecule has 1 rings (SSSR count). The molecule has 0 aromatic heterocycles. The summed E-state index contributed by atoms with van der Waals surface area (Å²) in [5.41, 5.74) is -1.11. The standard InChI is InChI=1S/C5H8BNO/c6-5(8)2-1-3-7-4-5/h1-2,7-8H,3-4H2. The van der Waals surface area contributed by atoms with Gasteiger partial charge in [-0.3, -0.25) is 0 Å². The third-order valence-electron chi connectivity index (χ3n) is 1.08. The predicted octanol–water partition coefficient (Wildman–Crippen LogP) is -0.997. The Bertz CT molecular complexity index is 111. The van der Waals surface area contributed by atoms with Crippen molar-refractivity contribution in [3.05, 3.63) is 12.2 Å². The van der Waals surface area contributed by atoms with Crippen molar-refractivity contribution in [3.8, 4) is 0 Å². The Hall–Kier alpha value is -0.275. The summed E-state index contributed by atoms with van der Waals surface area (Å²) in [6.07, 6.45) is 3.41. The summed E-state index contributed by atoms with van der Waals surface area (Å²) in [6, 6.07) is 0. The van der Waals surface area contributed by atoms with E-state index in [1.807, 2.05) is 6.08 Å². The molecule has 1 aliphatic heterocycles. The Morgan fingerprint density at radius 1 is 1.75 bits per heavy atom. The molecule has 0 bridgehead atoms. The number of β-amino-alcohol motifs (C(OH)–C–C–N with tert-alkyl or cyclic N) is 1. The Kier molecular flexibility index (Phi) is 1.40. The van der Waals surface area contributed by atoms with E-state index in [9.17, 15) is 0 Å². The van der Waals surface area contributed by atoms with Gasteiger partial charge in [0.15, 0.2) is 0 Å². The van der Waals surface area contributed by atoms with Gasteiger partial charge >= 0.3 is 0 Å². The van der Waals surface area contributed by atoms with Crippen molar-refractivity contribution in [2.75, 3.05) is 13.1 Å². The summed E-state index contributed by atoms with van der Waals surface area (Å²) < 4.78 is 0. The van der Waals surface area contributed by atoms with E-state index >= 15 is 0 Å². The van der Waals surface area contributed by atoms with Gasteiger partial charge in [0.25, 0.3) is 0 Å². The van der Waals surface area contributed by atoms with E-state index in [4.69, 9.17) is 13.0 Å². The average Bonchev–Trinajstić information content (AvgIpc) is 1.65. The highest BCUT2D eigenvalue weighted by atomic mass is 16.3. The monoisotopic (exact) mass is 109 g/mol. The third kappa shape index (κ3) is 1.35. The van der Waals surface area contributed by atoms with Crippen LogP contribution in [0.3, 0.4) is 0 Å². The van der Waals surface area contributed by atoms with Gasteiger partial charge in [-0.1, -0.05) is 12.2 Å². The zero-order valence-electron chi connectivity index (χ0n) is 4.59. The van der Waals surface area contributed by atoms with Gasteiger partial charge in [0.05, 0.1) is 5.50 Å². The molecular weight excluding hydrogens is 101 g/mol. The summed E-state index contributed by atoms with van der Waals surface area (Å²) in [7, 11) is 5.28. The Labute approximate surface area is 50.0 Å². The molecule has 0 amide bonds. The largest absolute Gasteiger partial charge is 0.395 e. The summed E-state index contributed by atoms with van der Waals surface area (Å²) in [6.45, 7) is 1.25. The van der Waals surface area contributed by atoms with Crippen molar-refractivity contribution in [1.29, 1.82) is 0 Å². The molecule has 0 saturated carbocycles. The lowest BCUT2D eigenvalue weighted by molar-refractivity contribution is 0.172. The van der Waals surface area contributed by atoms with Crippen molar-refractivity contribution in [3.63, 3.8) is 0 Å². The maximum atomic E-state index is 9.00. The van der Waals surface area contributed by atoms with Crippen molar-refractivity contribution in [2.45, 2.75) is 5.50 Å². The second kappa shape index (κ2) is 1.92. The molecule has 1 atom stereocenters. The third-order valence-corrected chi connectivity index (χ3v) is 1.08. The maximum absolute atomic E-state index is 9.00. The SMILES string of the molecule is [B]C1(O)C=CCNC1. The van der Waals surface area contributed by atoms with Crippen LogP contribution >= 0.6 is 0 Å². The van der Waals surface area contributed by atoms with E-state index in [-0.39, 0.29) is 0 Å². The van der Waals surface area contributed by atoms with E-state index in [1.54, 1.807) is 6.08 Å². The number of nitrogens with one attached hydrogen (secondary N) is 1. The molecule has 2 N–H and O–H groups in total. The van der Waals surface area contributed by atoms with Crippen LogP contribution in [-0.2, 0) is 0 Å². The van der Waals surface area contributed by atoms with E-state index < -0.39 is 5.50 Å². The predicted molar refractivity (Wildman–Crippen MR) is 32.7 cm³/mol. The Morgan fingerprint density at radius 3 is 2.75 bits per heavy atom. The molecule has 1 unspecified atom stereocenters. The summed E-state index contributed by atoms with van der Waals surface area (Å²) in [5.74, 6) is 0. The van der Waals surface area contributed by atoms with Crippen LogP contribution in [0, 0.1) is 0 Å². The zero-order valence-corrected chi connectivity index (χ0v) is 4.59. The molecule has 0 saturated heterocycles. The molecule has 1 aliphatic rings. The molecule has 0 aromatic rings. The molecule has 0 aliphatic carbocycles. The minimum absolute atomic E-state index is 0.448. The van der Waals surface area contributed by atoms with E-state index in [2.05, 4.69) is 5.32 Å². The molecule has 8 heavy (non-hydrogen) atoms. The molecule has 42 valence electrons. The molecule has 1 heterocycles. The number of hydrogen-bond donors (Lipinski definition) is 2. The molecule has 3 heteroatoms. The summed E-state index contributed by atoms with van der Waals surface area (Å²) >= 11 is 0. The van der Waals surface area contributed by atoms with Crippen LogP contribution in [0.4, 0.5) is 0 Å². The smallest absolute Gasteiger partial charge is 0.120 e. The molecule has 2 radical (unpaired) electrons. The van der Waals surface area contributed by atoms with Crippen molar-refractivity contribution < 1.29 is 5.11 Å². The molecule has 0 spiro atoms. The highest BCUT2D eigenvalue weighted by molar-refractivity contribution is 6.16. The number of aliphatic hydroxyl groups is 1. The van der Waals surface area contributed by atoms with Gasteiger partial charge < -0.3 is 10.4 Å². The minimum atomic E-state index is -1.11. The van der Waals surface area contributed by atoms with Gasteiger partial charge in [-0.15, -0.1) is 0 Å². The van der Waals surface area contributed by atoms with Gasteiger partial charge in [-0.05, 0) is 0 Å². The second-order valence-electron chi connectivity index (χ2n) is 2.02. The van der Waals surface area contributed by atoms with Crippen molar-refractivity contribution >= 4 is 7.85 Å². The maximum Gasteiger partial charge on any atom is 0.120 e. The van der Waals surface area contributed by atoms with Gasteiger partial charge in [0.2, 0.25) is 0 Å². The van der Waals surface area contributed by atoms with Gasteiger partial charge in [-0.2, -0.15) is 0 Å². The fourth-order valence-electron chi connectivity index (χ4n) is 0.678. The van der Waals surface area contributed by atoms with Gasteiger partial charge in [0.1, 0.15) is 7.85 Å². The van der Waals surface area contributed by atoms with Crippen LogP contribution in [-0.4, -0.2) is 31.5 Å². The highest BCUT2D eigenvalue weighted by Crippen LogP contribution is 2.01. The minimum Gasteiger partial charge on any atom is -0.395 e.